The van der Waals surface area contributed by atoms with Crippen LogP contribution in [0.3, 0.4) is 0 Å². The van der Waals surface area contributed by atoms with Crippen molar-refractivity contribution in [3.63, 3.8) is 0 Å². The molecule has 0 spiro atoms. The number of benzene rings is 5. The summed E-state index contributed by atoms with van der Waals surface area (Å²) in [5.41, 5.74) is 7.37. The van der Waals surface area contributed by atoms with Crippen LogP contribution in [0, 0.1) is 0 Å². The molecule has 5 aromatic carbocycles. The Morgan fingerprint density at radius 3 is 1.54 bits per heavy atom. The van der Waals surface area contributed by atoms with Gasteiger partial charge in [0.25, 0.3) is 0 Å². The number of fused-ring (bicyclic) bond motifs is 9. The van der Waals surface area contributed by atoms with Gasteiger partial charge in [-0.05, 0) is 48.5 Å². The highest BCUT2D eigenvalue weighted by Gasteiger charge is 2.19. The smallest absolute Gasteiger partial charge is 0.181 e. The summed E-state index contributed by atoms with van der Waals surface area (Å²) >= 11 is 0. The zero-order valence-electron chi connectivity index (χ0n) is 20.9. The van der Waals surface area contributed by atoms with Crippen LogP contribution in [0.15, 0.2) is 132 Å². The Kier molecular flexibility index (Phi) is 4.02. The van der Waals surface area contributed by atoms with E-state index >= 15 is 0 Å². The van der Waals surface area contributed by atoms with Gasteiger partial charge in [0, 0.05) is 44.2 Å². The van der Waals surface area contributed by atoms with Gasteiger partial charge < -0.3 is 8.98 Å². The second kappa shape index (κ2) is 7.59. The summed E-state index contributed by atoms with van der Waals surface area (Å²) in [6.07, 6.45) is 1.89. The molecule has 4 aromatic heterocycles. The highest BCUT2D eigenvalue weighted by atomic mass is 16.3. The van der Waals surface area contributed by atoms with Crippen molar-refractivity contribution in [2.75, 3.05) is 0 Å². The maximum atomic E-state index is 6.56. The average molecular weight is 500 g/mol. The van der Waals surface area contributed by atoms with E-state index in [9.17, 15) is 0 Å². The van der Waals surface area contributed by atoms with Crippen molar-refractivity contribution in [3.8, 4) is 11.5 Å². The van der Waals surface area contributed by atoms with Gasteiger partial charge in [0.15, 0.2) is 11.4 Å². The van der Waals surface area contributed by atoms with Crippen LogP contribution >= 0.6 is 0 Å². The van der Waals surface area contributed by atoms with Gasteiger partial charge >= 0.3 is 0 Å². The topological polar surface area (TPSA) is 35.9 Å². The first-order chi connectivity index (χ1) is 19.4. The van der Waals surface area contributed by atoms with Gasteiger partial charge in [0.2, 0.25) is 0 Å². The molecule has 0 unspecified atom stereocenters. The number of furan rings is 1. The van der Waals surface area contributed by atoms with E-state index in [1.54, 1.807) is 0 Å². The van der Waals surface area contributed by atoms with Crippen molar-refractivity contribution in [2.24, 2.45) is 0 Å². The molecule has 4 heteroatoms. The quantitative estimate of drug-likeness (QED) is 0.238. The number of nitrogens with zero attached hydrogens (tertiary/aromatic N) is 3. The van der Waals surface area contributed by atoms with E-state index in [-0.39, 0.29) is 0 Å². The molecule has 0 aliphatic heterocycles. The Balaban J connectivity index is 1.34. The number of aromatic nitrogens is 3. The van der Waals surface area contributed by atoms with Crippen LogP contribution in [-0.2, 0) is 0 Å². The molecule has 0 saturated heterocycles. The van der Waals surface area contributed by atoms with E-state index in [2.05, 4.69) is 130 Å². The number of hydrogen-bond acceptors (Lipinski definition) is 2. The number of rotatable bonds is 2. The zero-order valence-corrected chi connectivity index (χ0v) is 20.9. The first-order valence-electron chi connectivity index (χ1n) is 13.2. The van der Waals surface area contributed by atoms with Crippen LogP contribution in [0.2, 0.25) is 0 Å². The molecule has 0 amide bonds. The molecule has 0 atom stereocenters. The van der Waals surface area contributed by atoms with Crippen LogP contribution in [0.4, 0.5) is 0 Å². The van der Waals surface area contributed by atoms with E-state index in [1.807, 2.05) is 6.20 Å². The summed E-state index contributed by atoms with van der Waals surface area (Å²) in [6, 6.07) is 42.7. The van der Waals surface area contributed by atoms with Crippen LogP contribution in [0.5, 0.6) is 0 Å². The molecular weight excluding hydrogens is 478 g/mol. The van der Waals surface area contributed by atoms with Gasteiger partial charge in [-0.2, -0.15) is 0 Å². The monoisotopic (exact) mass is 499 g/mol. The second-order valence-corrected chi connectivity index (χ2v) is 10.0. The lowest BCUT2D eigenvalue weighted by molar-refractivity contribution is 0.663. The largest absolute Gasteiger partial charge is 0.452 e. The molecule has 0 aliphatic carbocycles. The number of para-hydroxylation sites is 4. The van der Waals surface area contributed by atoms with E-state index in [0.717, 1.165) is 44.5 Å². The molecule has 0 bridgehead atoms. The molecule has 0 saturated carbocycles. The molecule has 0 radical (unpaired) electrons. The van der Waals surface area contributed by atoms with Crippen LogP contribution in [0.1, 0.15) is 0 Å². The van der Waals surface area contributed by atoms with Crippen LogP contribution < -0.4 is 0 Å². The van der Waals surface area contributed by atoms with Gasteiger partial charge in [0.05, 0.1) is 22.1 Å². The second-order valence-electron chi connectivity index (χ2n) is 10.0. The van der Waals surface area contributed by atoms with E-state index in [4.69, 9.17) is 9.40 Å². The van der Waals surface area contributed by atoms with Crippen molar-refractivity contribution in [1.82, 2.24) is 14.1 Å². The molecule has 4 nitrogen and oxygen atoms in total. The normalized spacial score (nSPS) is 12.1. The third-order valence-electron chi connectivity index (χ3n) is 7.98. The lowest BCUT2D eigenvalue weighted by atomic mass is 10.1. The first-order valence-corrected chi connectivity index (χ1v) is 13.2. The van der Waals surface area contributed by atoms with Crippen molar-refractivity contribution in [3.05, 3.63) is 128 Å². The van der Waals surface area contributed by atoms with Crippen molar-refractivity contribution >= 4 is 65.6 Å². The van der Waals surface area contributed by atoms with Crippen molar-refractivity contribution in [2.45, 2.75) is 0 Å². The van der Waals surface area contributed by atoms with Gasteiger partial charge in [-0.1, -0.05) is 72.8 Å². The molecule has 0 N–H and O–H groups in total. The Morgan fingerprint density at radius 2 is 0.974 bits per heavy atom. The van der Waals surface area contributed by atoms with E-state index in [1.165, 1.54) is 32.6 Å². The van der Waals surface area contributed by atoms with Gasteiger partial charge in [-0.15, -0.1) is 0 Å². The summed E-state index contributed by atoms with van der Waals surface area (Å²) in [4.78, 5) is 4.86. The fraction of sp³-hybridized carbons (Fsp3) is 0. The van der Waals surface area contributed by atoms with Gasteiger partial charge in [-0.25, -0.2) is 4.98 Å². The maximum Gasteiger partial charge on any atom is 0.181 e. The van der Waals surface area contributed by atoms with Gasteiger partial charge in [-0.3, -0.25) is 4.57 Å². The molecule has 4 heterocycles. The minimum atomic E-state index is 0.790. The average Bonchev–Trinajstić information content (AvgIpc) is 3.65. The van der Waals surface area contributed by atoms with Crippen molar-refractivity contribution < 1.29 is 4.42 Å². The Labute approximate surface area is 222 Å². The molecule has 39 heavy (non-hydrogen) atoms. The zero-order chi connectivity index (χ0) is 25.5. The summed E-state index contributed by atoms with van der Waals surface area (Å²) in [5, 5.41) is 7.05. The van der Waals surface area contributed by atoms with Gasteiger partial charge in [0.1, 0.15) is 5.58 Å². The third-order valence-corrected chi connectivity index (χ3v) is 7.98. The lowest BCUT2D eigenvalue weighted by Gasteiger charge is -2.08. The third kappa shape index (κ3) is 2.75. The minimum absolute atomic E-state index is 0.790. The van der Waals surface area contributed by atoms with E-state index < -0.39 is 0 Å². The molecule has 9 aromatic rings. The highest BCUT2D eigenvalue weighted by molar-refractivity contribution is 6.13. The molecule has 0 aliphatic rings. The number of hydrogen-bond donors (Lipinski definition) is 0. The number of pyridine rings is 1. The standard InChI is InChI=1S/C35H21N3O/c1-5-13-29-23(9-1)24-10-2-6-14-30(24)37(29)22-17-18-33-28(21-22)27-19-20-36-35(34(27)39-33)38-31-15-7-3-11-25(31)26-12-4-8-16-32(26)38/h1-21H. The Bertz CT molecular complexity index is 2300. The Hall–Kier alpha value is -5.35. The predicted octanol–water partition coefficient (Wildman–Crippen LogP) is 9.18. The molecule has 0 fully saturated rings. The fourth-order valence-corrected chi connectivity index (χ4v) is 6.33. The highest BCUT2D eigenvalue weighted by Crippen LogP contribution is 2.38. The molecular formula is C35H21N3O. The van der Waals surface area contributed by atoms with E-state index in [0.29, 0.717) is 0 Å². The fourth-order valence-electron chi connectivity index (χ4n) is 6.33. The van der Waals surface area contributed by atoms with Crippen LogP contribution in [0.25, 0.3) is 77.1 Å². The predicted molar refractivity (Wildman–Crippen MR) is 160 cm³/mol. The maximum absolute atomic E-state index is 6.56. The first kappa shape index (κ1) is 20.7. The van der Waals surface area contributed by atoms with Crippen molar-refractivity contribution in [1.29, 1.82) is 0 Å². The summed E-state index contributed by atoms with van der Waals surface area (Å²) < 4.78 is 11.1. The summed E-state index contributed by atoms with van der Waals surface area (Å²) in [7, 11) is 0. The molecule has 9 rings (SSSR count). The van der Waals surface area contributed by atoms with Crippen LogP contribution in [-0.4, -0.2) is 14.1 Å². The SMILES string of the molecule is c1ccc2c(c1)c1ccccc1n2-c1ccc2oc3c(-n4c5ccccc5c5ccccc54)nccc3c2c1. The summed E-state index contributed by atoms with van der Waals surface area (Å²) in [5.74, 6) is 0.805. The lowest BCUT2D eigenvalue weighted by Crippen LogP contribution is -1.97. The Morgan fingerprint density at radius 1 is 0.462 bits per heavy atom. The minimum Gasteiger partial charge on any atom is -0.452 e. The molecule has 182 valence electrons. The summed E-state index contributed by atoms with van der Waals surface area (Å²) in [6.45, 7) is 0.